The standard InChI is InChI=1S/C19H22ClNO4/c1-13(2)11-24-18-16(20)9-15(10-17(18)23-3)19(22)21-25-12-14-7-5-4-6-8-14/h4-10,13H,11-12H2,1-3H3,(H,21,22). The summed E-state index contributed by atoms with van der Waals surface area (Å²) in [5, 5.41) is 0.313. The molecule has 0 aromatic heterocycles. The fourth-order valence-electron chi connectivity index (χ4n) is 2.06. The smallest absolute Gasteiger partial charge is 0.275 e. The summed E-state index contributed by atoms with van der Waals surface area (Å²) < 4.78 is 11.0. The molecular formula is C19H22ClNO4. The fourth-order valence-corrected chi connectivity index (χ4v) is 2.32. The molecule has 2 rings (SSSR count). The first-order chi connectivity index (χ1) is 12.0. The molecule has 0 aliphatic carbocycles. The van der Waals surface area contributed by atoms with Crippen molar-refractivity contribution in [2.24, 2.45) is 5.92 Å². The number of carbonyl (C=O) groups excluding carboxylic acids is 1. The Hall–Kier alpha value is -2.24. The molecule has 0 unspecified atom stereocenters. The van der Waals surface area contributed by atoms with Gasteiger partial charge in [0.2, 0.25) is 0 Å². The van der Waals surface area contributed by atoms with E-state index in [2.05, 4.69) is 5.48 Å². The van der Waals surface area contributed by atoms with Crippen molar-refractivity contribution in [1.82, 2.24) is 5.48 Å². The van der Waals surface area contributed by atoms with Crippen LogP contribution in [-0.4, -0.2) is 19.6 Å². The molecule has 5 nitrogen and oxygen atoms in total. The van der Waals surface area contributed by atoms with Crippen LogP contribution in [0.15, 0.2) is 42.5 Å². The van der Waals surface area contributed by atoms with Crippen molar-refractivity contribution in [2.45, 2.75) is 20.5 Å². The molecule has 0 heterocycles. The van der Waals surface area contributed by atoms with Gasteiger partial charge in [-0.25, -0.2) is 5.48 Å². The number of ether oxygens (including phenoxy) is 2. The Labute approximate surface area is 152 Å². The summed E-state index contributed by atoms with van der Waals surface area (Å²) in [5.41, 5.74) is 3.68. The lowest BCUT2D eigenvalue weighted by atomic mass is 10.2. The number of hydrogen-bond donors (Lipinski definition) is 1. The SMILES string of the molecule is COc1cc(C(=O)NOCc2ccccc2)cc(Cl)c1OCC(C)C. The molecule has 0 radical (unpaired) electrons. The number of hydroxylamine groups is 1. The highest BCUT2D eigenvalue weighted by Crippen LogP contribution is 2.36. The predicted molar refractivity (Wildman–Crippen MR) is 97.0 cm³/mol. The first kappa shape index (κ1) is 19.1. The quantitative estimate of drug-likeness (QED) is 0.712. The van der Waals surface area contributed by atoms with E-state index in [4.69, 9.17) is 25.9 Å². The Morgan fingerprint density at radius 3 is 2.56 bits per heavy atom. The fraction of sp³-hybridized carbons (Fsp3) is 0.316. The van der Waals surface area contributed by atoms with Gasteiger partial charge in [-0.1, -0.05) is 55.8 Å². The second kappa shape index (κ2) is 9.30. The summed E-state index contributed by atoms with van der Waals surface area (Å²) in [4.78, 5) is 17.5. The van der Waals surface area contributed by atoms with E-state index < -0.39 is 5.91 Å². The van der Waals surface area contributed by atoms with Crippen molar-refractivity contribution in [3.8, 4) is 11.5 Å². The lowest BCUT2D eigenvalue weighted by Crippen LogP contribution is -2.23. The van der Waals surface area contributed by atoms with E-state index in [9.17, 15) is 4.79 Å². The summed E-state index contributed by atoms with van der Waals surface area (Å²) >= 11 is 6.24. The Balaban J connectivity index is 2.02. The van der Waals surface area contributed by atoms with Crippen LogP contribution in [0.25, 0.3) is 0 Å². The third-order valence-electron chi connectivity index (χ3n) is 3.30. The zero-order chi connectivity index (χ0) is 18.2. The van der Waals surface area contributed by atoms with Gasteiger partial charge in [-0.05, 0) is 23.6 Å². The van der Waals surface area contributed by atoms with Crippen LogP contribution in [0.4, 0.5) is 0 Å². The van der Waals surface area contributed by atoms with Crippen LogP contribution in [0.5, 0.6) is 11.5 Å². The van der Waals surface area contributed by atoms with Gasteiger partial charge >= 0.3 is 0 Å². The zero-order valence-corrected chi connectivity index (χ0v) is 15.3. The first-order valence-electron chi connectivity index (χ1n) is 7.97. The molecule has 0 atom stereocenters. The molecular weight excluding hydrogens is 342 g/mol. The van der Waals surface area contributed by atoms with E-state index in [0.29, 0.717) is 34.6 Å². The van der Waals surface area contributed by atoms with Crippen LogP contribution in [0.1, 0.15) is 29.8 Å². The van der Waals surface area contributed by atoms with Gasteiger partial charge in [0, 0.05) is 5.56 Å². The minimum absolute atomic E-state index is 0.271. The minimum atomic E-state index is -0.411. The number of amides is 1. The number of halogens is 1. The molecule has 2 aromatic carbocycles. The molecule has 6 heteroatoms. The van der Waals surface area contributed by atoms with Gasteiger partial charge in [0.05, 0.1) is 25.3 Å². The van der Waals surface area contributed by atoms with E-state index >= 15 is 0 Å². The van der Waals surface area contributed by atoms with Gasteiger partial charge in [0.15, 0.2) is 11.5 Å². The van der Waals surface area contributed by atoms with Crippen LogP contribution in [0.2, 0.25) is 5.02 Å². The highest BCUT2D eigenvalue weighted by Gasteiger charge is 2.16. The summed E-state index contributed by atoms with van der Waals surface area (Å²) in [6.45, 7) is 4.84. The lowest BCUT2D eigenvalue weighted by molar-refractivity contribution is 0.0233. The molecule has 1 amide bonds. The van der Waals surface area contributed by atoms with Crippen molar-refractivity contribution >= 4 is 17.5 Å². The van der Waals surface area contributed by atoms with E-state index in [-0.39, 0.29) is 6.61 Å². The number of methoxy groups -OCH3 is 1. The molecule has 0 aliphatic heterocycles. The van der Waals surface area contributed by atoms with Crippen molar-refractivity contribution in [3.05, 3.63) is 58.6 Å². The predicted octanol–water partition coefficient (Wildman–Crippen LogP) is 4.25. The van der Waals surface area contributed by atoms with Crippen LogP contribution in [-0.2, 0) is 11.4 Å². The maximum atomic E-state index is 12.2. The molecule has 0 bridgehead atoms. The van der Waals surface area contributed by atoms with Gasteiger partial charge in [0.1, 0.15) is 0 Å². The Bertz CT molecular complexity index is 704. The van der Waals surface area contributed by atoms with Gasteiger partial charge in [-0.2, -0.15) is 0 Å². The Morgan fingerprint density at radius 1 is 1.20 bits per heavy atom. The minimum Gasteiger partial charge on any atom is -0.493 e. The third kappa shape index (κ3) is 5.66. The molecule has 0 spiro atoms. The lowest BCUT2D eigenvalue weighted by Gasteiger charge is -2.15. The molecule has 134 valence electrons. The van der Waals surface area contributed by atoms with Crippen LogP contribution < -0.4 is 15.0 Å². The Morgan fingerprint density at radius 2 is 1.92 bits per heavy atom. The van der Waals surface area contributed by atoms with Gasteiger partial charge in [-0.3, -0.25) is 9.63 Å². The molecule has 0 fully saturated rings. The molecule has 0 saturated heterocycles. The van der Waals surface area contributed by atoms with E-state index in [1.165, 1.54) is 13.2 Å². The normalized spacial score (nSPS) is 10.6. The van der Waals surface area contributed by atoms with Crippen LogP contribution >= 0.6 is 11.6 Å². The maximum Gasteiger partial charge on any atom is 0.275 e. The molecule has 1 N–H and O–H groups in total. The van der Waals surface area contributed by atoms with E-state index in [1.54, 1.807) is 6.07 Å². The van der Waals surface area contributed by atoms with Crippen molar-refractivity contribution in [2.75, 3.05) is 13.7 Å². The number of nitrogens with one attached hydrogen (secondary N) is 1. The summed E-state index contributed by atoms with van der Waals surface area (Å²) in [5.74, 6) is 0.766. The number of benzene rings is 2. The number of carbonyl (C=O) groups is 1. The van der Waals surface area contributed by atoms with Gasteiger partial charge in [0.25, 0.3) is 5.91 Å². The van der Waals surface area contributed by atoms with Crippen molar-refractivity contribution < 1.29 is 19.1 Å². The van der Waals surface area contributed by atoms with Crippen LogP contribution in [0, 0.1) is 5.92 Å². The topological polar surface area (TPSA) is 56.8 Å². The Kier molecular flexibility index (Phi) is 7.10. The van der Waals surface area contributed by atoms with Gasteiger partial charge in [-0.15, -0.1) is 0 Å². The monoisotopic (exact) mass is 363 g/mol. The zero-order valence-electron chi connectivity index (χ0n) is 14.5. The summed E-state index contributed by atoms with van der Waals surface area (Å²) in [6, 6.07) is 12.6. The molecule has 0 saturated carbocycles. The second-order valence-corrected chi connectivity index (χ2v) is 6.31. The largest absolute Gasteiger partial charge is 0.493 e. The van der Waals surface area contributed by atoms with Crippen molar-refractivity contribution in [1.29, 1.82) is 0 Å². The number of rotatable bonds is 8. The summed E-state index contributed by atoms with van der Waals surface area (Å²) in [7, 11) is 1.50. The summed E-state index contributed by atoms with van der Waals surface area (Å²) in [6.07, 6.45) is 0. The van der Waals surface area contributed by atoms with Crippen LogP contribution in [0.3, 0.4) is 0 Å². The second-order valence-electron chi connectivity index (χ2n) is 5.90. The maximum absolute atomic E-state index is 12.2. The first-order valence-corrected chi connectivity index (χ1v) is 8.35. The highest BCUT2D eigenvalue weighted by molar-refractivity contribution is 6.32. The van der Waals surface area contributed by atoms with E-state index in [0.717, 1.165) is 5.56 Å². The van der Waals surface area contributed by atoms with Gasteiger partial charge < -0.3 is 9.47 Å². The van der Waals surface area contributed by atoms with Crippen molar-refractivity contribution in [3.63, 3.8) is 0 Å². The molecule has 0 aliphatic rings. The molecule has 2 aromatic rings. The highest BCUT2D eigenvalue weighted by atomic mass is 35.5. The molecule has 25 heavy (non-hydrogen) atoms. The average molecular weight is 364 g/mol. The van der Waals surface area contributed by atoms with E-state index in [1.807, 2.05) is 44.2 Å². The average Bonchev–Trinajstić information content (AvgIpc) is 2.60. The third-order valence-corrected chi connectivity index (χ3v) is 3.58. The number of hydrogen-bond acceptors (Lipinski definition) is 4.